The number of hydrogen-bond donors (Lipinski definition) is 0. The second kappa shape index (κ2) is 22.5. The number of unbranched alkanes of at least 4 members (excludes halogenated alkanes) is 10. The van der Waals surface area contributed by atoms with Crippen LogP contribution in [0.15, 0.2) is 30.0 Å². The van der Waals surface area contributed by atoms with Gasteiger partial charge < -0.3 is 4.74 Å². The van der Waals surface area contributed by atoms with Gasteiger partial charge in [-0.1, -0.05) is 70.4 Å². The molecule has 0 atom stereocenters. The van der Waals surface area contributed by atoms with E-state index in [1.165, 1.54) is 64.2 Å². The highest BCUT2D eigenvalue weighted by molar-refractivity contribution is 6.17. The topological polar surface area (TPSA) is 9.23 Å². The number of allylic oxidation sites excluding steroid dienone is 1. The van der Waals surface area contributed by atoms with Crippen LogP contribution in [0.1, 0.15) is 90.4 Å². The van der Waals surface area contributed by atoms with Crippen LogP contribution in [0.2, 0.25) is 0 Å². The molecule has 0 saturated heterocycles. The molecule has 0 aliphatic heterocycles. The maximum atomic E-state index is 5.60. The van der Waals surface area contributed by atoms with Gasteiger partial charge in [0.1, 0.15) is 0 Å². The smallest absolute Gasteiger partial charge is 0.0721 e. The minimum Gasteiger partial charge on any atom is -0.376 e. The predicted octanol–water partition coefficient (Wildman–Crippen LogP) is 7.60. The van der Waals surface area contributed by atoms with Gasteiger partial charge in [-0.05, 0) is 44.3 Å². The monoisotopic (exact) mass is 354 g/mol. The molecule has 1 nitrogen and oxygen atoms in total. The van der Waals surface area contributed by atoms with Gasteiger partial charge in [0.25, 0.3) is 0 Å². The third kappa shape index (κ3) is 21.5. The maximum absolute atomic E-state index is 5.60. The largest absolute Gasteiger partial charge is 0.376 e. The molecule has 0 aromatic heterocycles. The number of hydrogen-bond acceptors (Lipinski definition) is 1. The van der Waals surface area contributed by atoms with Crippen molar-refractivity contribution in [2.24, 2.45) is 0 Å². The predicted molar refractivity (Wildman–Crippen MR) is 109 cm³/mol. The first-order valence-corrected chi connectivity index (χ1v) is 10.6. The lowest BCUT2D eigenvalue weighted by atomic mass is 10.1. The summed E-state index contributed by atoms with van der Waals surface area (Å²) in [4.78, 5) is 0. The standard InChI is InChI=1S/C22H39ClO/c1-2-3-4-5-6-7-8-9-10-11-12-15-18-21-24-22-19-16-13-14-17-20-23/h12-13,15,19H,2-11,14,17-18,20-22H2,1H3. The van der Waals surface area contributed by atoms with Gasteiger partial charge in [-0.15, -0.1) is 17.3 Å². The third-order valence-corrected chi connectivity index (χ3v) is 4.26. The molecule has 140 valence electrons. The minimum absolute atomic E-state index is 0.656. The van der Waals surface area contributed by atoms with Crippen molar-refractivity contribution < 1.29 is 4.74 Å². The molecule has 0 spiro atoms. The van der Waals surface area contributed by atoms with Crippen molar-refractivity contribution >= 4 is 11.6 Å². The van der Waals surface area contributed by atoms with E-state index in [0.29, 0.717) is 6.61 Å². The molecular formula is C22H39ClO. The number of alkyl halides is 1. The Morgan fingerprint density at radius 1 is 0.750 bits per heavy atom. The van der Waals surface area contributed by atoms with E-state index < -0.39 is 0 Å². The molecule has 2 heteroatoms. The molecule has 0 aliphatic rings. The molecule has 0 rings (SSSR count). The van der Waals surface area contributed by atoms with Crippen LogP contribution in [-0.2, 0) is 4.74 Å². The van der Waals surface area contributed by atoms with Crippen LogP contribution >= 0.6 is 11.6 Å². The van der Waals surface area contributed by atoms with Crippen molar-refractivity contribution in [2.45, 2.75) is 90.4 Å². The molecule has 0 aromatic rings. The summed E-state index contributed by atoms with van der Waals surface area (Å²) in [6.07, 6.45) is 25.4. The second-order valence-corrected chi connectivity index (χ2v) is 6.74. The van der Waals surface area contributed by atoms with Crippen LogP contribution in [0.5, 0.6) is 0 Å². The summed E-state index contributed by atoms with van der Waals surface area (Å²) in [6.45, 7) is 3.73. The molecule has 0 N–H and O–H groups in total. The van der Waals surface area contributed by atoms with Crippen LogP contribution in [0.3, 0.4) is 0 Å². The van der Waals surface area contributed by atoms with E-state index in [4.69, 9.17) is 16.3 Å². The van der Waals surface area contributed by atoms with Gasteiger partial charge >= 0.3 is 0 Å². The quantitative estimate of drug-likeness (QED) is 0.106. The van der Waals surface area contributed by atoms with Crippen molar-refractivity contribution in [3.63, 3.8) is 0 Å². The first-order valence-electron chi connectivity index (χ1n) is 10.1. The summed E-state index contributed by atoms with van der Waals surface area (Å²) in [5, 5.41) is 0. The lowest BCUT2D eigenvalue weighted by molar-refractivity contribution is 0.167. The molecule has 0 fully saturated rings. The Labute approximate surface area is 156 Å². The number of rotatable bonds is 18. The van der Waals surface area contributed by atoms with Gasteiger partial charge in [-0.25, -0.2) is 0 Å². The van der Waals surface area contributed by atoms with E-state index in [1.807, 2.05) is 12.2 Å². The third-order valence-electron chi connectivity index (χ3n) is 3.99. The molecule has 0 radical (unpaired) electrons. The summed E-state index contributed by atoms with van der Waals surface area (Å²) in [5.41, 5.74) is 3.12. The molecular weight excluding hydrogens is 316 g/mol. The highest BCUT2D eigenvalue weighted by Gasteiger charge is 1.91. The Morgan fingerprint density at radius 3 is 2.12 bits per heavy atom. The van der Waals surface area contributed by atoms with E-state index in [-0.39, 0.29) is 0 Å². The van der Waals surface area contributed by atoms with Gasteiger partial charge in [0.15, 0.2) is 0 Å². The zero-order chi connectivity index (χ0) is 17.6. The van der Waals surface area contributed by atoms with Crippen molar-refractivity contribution in [3.05, 3.63) is 30.0 Å². The lowest BCUT2D eigenvalue weighted by Crippen LogP contribution is -1.91. The Bertz CT molecular complexity index is 316. The molecule has 0 saturated carbocycles. The van der Waals surface area contributed by atoms with E-state index in [2.05, 4.69) is 24.8 Å². The Morgan fingerprint density at radius 2 is 1.42 bits per heavy atom. The summed E-state index contributed by atoms with van der Waals surface area (Å²) in [5.74, 6) is 0.722. The molecule has 0 aliphatic carbocycles. The van der Waals surface area contributed by atoms with Crippen LogP contribution < -0.4 is 0 Å². The van der Waals surface area contributed by atoms with E-state index in [9.17, 15) is 0 Å². The summed E-state index contributed by atoms with van der Waals surface area (Å²) in [7, 11) is 0. The van der Waals surface area contributed by atoms with E-state index in [0.717, 1.165) is 31.7 Å². The SMILES string of the molecule is CCCCCCCCCCCC=CCCOCC=C=CCCCCl. The highest BCUT2D eigenvalue weighted by Crippen LogP contribution is 2.10. The molecule has 24 heavy (non-hydrogen) atoms. The number of halogens is 1. The molecule has 0 amide bonds. The second-order valence-electron chi connectivity index (χ2n) is 6.36. The van der Waals surface area contributed by atoms with Gasteiger partial charge in [-0.3, -0.25) is 0 Å². The molecule has 0 unspecified atom stereocenters. The number of ether oxygens (including phenoxy) is 1. The Kier molecular flexibility index (Phi) is 22.1. The Hall–Kier alpha value is -0.490. The first-order chi connectivity index (χ1) is 11.9. The van der Waals surface area contributed by atoms with Crippen molar-refractivity contribution in [1.82, 2.24) is 0 Å². The average Bonchev–Trinajstić information content (AvgIpc) is 2.60. The molecule has 0 heterocycles. The average molecular weight is 355 g/mol. The van der Waals surface area contributed by atoms with Gasteiger partial charge in [-0.2, -0.15) is 0 Å². The zero-order valence-electron chi connectivity index (χ0n) is 15.9. The zero-order valence-corrected chi connectivity index (χ0v) is 16.7. The Balaban J connectivity index is 3.17. The van der Waals surface area contributed by atoms with E-state index >= 15 is 0 Å². The minimum atomic E-state index is 0.656. The maximum Gasteiger partial charge on any atom is 0.0721 e. The van der Waals surface area contributed by atoms with Crippen molar-refractivity contribution in [1.29, 1.82) is 0 Å². The molecule has 0 aromatic carbocycles. The van der Waals surface area contributed by atoms with Gasteiger partial charge in [0, 0.05) is 5.88 Å². The fraction of sp³-hybridized carbons (Fsp3) is 0.773. The van der Waals surface area contributed by atoms with E-state index in [1.54, 1.807) is 0 Å². The normalized spacial score (nSPS) is 10.9. The van der Waals surface area contributed by atoms with Gasteiger partial charge in [0.05, 0.1) is 13.2 Å². The van der Waals surface area contributed by atoms with Crippen LogP contribution in [-0.4, -0.2) is 19.1 Å². The van der Waals surface area contributed by atoms with Gasteiger partial charge in [0.2, 0.25) is 0 Å². The lowest BCUT2D eigenvalue weighted by Gasteiger charge is -2.00. The highest BCUT2D eigenvalue weighted by atomic mass is 35.5. The van der Waals surface area contributed by atoms with Crippen LogP contribution in [0.4, 0.5) is 0 Å². The van der Waals surface area contributed by atoms with Crippen LogP contribution in [0.25, 0.3) is 0 Å². The van der Waals surface area contributed by atoms with Crippen molar-refractivity contribution in [3.8, 4) is 0 Å². The summed E-state index contributed by atoms with van der Waals surface area (Å²) in [6, 6.07) is 0. The van der Waals surface area contributed by atoms with Crippen molar-refractivity contribution in [2.75, 3.05) is 19.1 Å². The summed E-state index contributed by atoms with van der Waals surface area (Å²) < 4.78 is 5.52. The molecule has 0 bridgehead atoms. The fourth-order valence-electron chi connectivity index (χ4n) is 2.50. The van der Waals surface area contributed by atoms with Crippen LogP contribution in [0, 0.1) is 0 Å². The first kappa shape index (κ1) is 23.5. The summed E-state index contributed by atoms with van der Waals surface area (Å²) >= 11 is 5.60. The fourth-order valence-corrected chi connectivity index (χ4v) is 2.65.